The summed E-state index contributed by atoms with van der Waals surface area (Å²) in [5, 5.41) is 36.0. The fourth-order valence-corrected chi connectivity index (χ4v) is 3.46. The molecule has 0 aliphatic heterocycles. The van der Waals surface area contributed by atoms with Crippen LogP contribution in [-0.2, 0) is 9.59 Å². The largest absolute Gasteiger partial charge is 0.481 e. The van der Waals surface area contributed by atoms with Crippen molar-refractivity contribution in [2.24, 2.45) is 0 Å². The predicted molar refractivity (Wildman–Crippen MR) is 110 cm³/mol. The van der Waals surface area contributed by atoms with Crippen molar-refractivity contribution in [3.8, 4) is 0 Å². The van der Waals surface area contributed by atoms with Gasteiger partial charge in [-0.15, -0.1) is 0 Å². The minimum absolute atomic E-state index is 0.0658. The van der Waals surface area contributed by atoms with E-state index in [1.165, 1.54) is 0 Å². The molecule has 0 unspecified atom stereocenters. The first-order chi connectivity index (χ1) is 13.5. The predicted octanol–water partition coefficient (Wildman–Crippen LogP) is 4.68. The van der Waals surface area contributed by atoms with Crippen molar-refractivity contribution in [1.82, 2.24) is 0 Å². The van der Waals surface area contributed by atoms with E-state index in [1.54, 1.807) is 0 Å². The van der Waals surface area contributed by atoms with Crippen molar-refractivity contribution in [3.63, 3.8) is 0 Å². The van der Waals surface area contributed by atoms with E-state index < -0.39 is 11.9 Å². The molecule has 0 atom stereocenters. The monoisotopic (exact) mass is 400 g/mol. The highest BCUT2D eigenvalue weighted by molar-refractivity contribution is 5.73. The molecule has 0 aromatic rings. The number of carboxylic acids is 2. The Hall–Kier alpha value is -1.40. The van der Waals surface area contributed by atoms with Crippen molar-refractivity contribution in [3.05, 3.63) is 11.1 Å². The van der Waals surface area contributed by atoms with Gasteiger partial charge in [0.25, 0.3) is 0 Å². The first kappa shape index (κ1) is 26.6. The second-order valence-electron chi connectivity index (χ2n) is 7.54. The van der Waals surface area contributed by atoms with Gasteiger partial charge < -0.3 is 20.4 Å². The number of hydrogen-bond donors (Lipinski definition) is 4. The van der Waals surface area contributed by atoms with Gasteiger partial charge in [0.1, 0.15) is 0 Å². The van der Waals surface area contributed by atoms with Crippen LogP contribution in [0, 0.1) is 0 Å². The van der Waals surface area contributed by atoms with E-state index in [9.17, 15) is 19.8 Å². The average molecular weight is 401 g/mol. The number of unbranched alkanes of at least 4 members (excludes halogenated alkanes) is 10. The molecule has 0 rings (SSSR count). The van der Waals surface area contributed by atoms with Crippen LogP contribution in [0.2, 0.25) is 0 Å². The lowest BCUT2D eigenvalue weighted by atomic mass is 9.92. The summed E-state index contributed by atoms with van der Waals surface area (Å²) < 4.78 is 0. The summed E-state index contributed by atoms with van der Waals surface area (Å²) in [5.74, 6) is -1.80. The molecule has 0 radical (unpaired) electrons. The molecule has 164 valence electrons. The molecule has 0 amide bonds. The first-order valence-electron chi connectivity index (χ1n) is 10.9. The maximum atomic E-state index is 11.3. The van der Waals surface area contributed by atoms with Crippen LogP contribution in [0.25, 0.3) is 0 Å². The number of aliphatic hydroxyl groups is 2. The fraction of sp³-hybridized carbons (Fsp3) is 0.818. The van der Waals surface area contributed by atoms with Crippen molar-refractivity contribution < 1.29 is 30.0 Å². The summed E-state index contributed by atoms with van der Waals surface area (Å²) >= 11 is 0. The fourth-order valence-electron chi connectivity index (χ4n) is 3.46. The van der Waals surface area contributed by atoms with Gasteiger partial charge >= 0.3 is 11.9 Å². The Bertz CT molecular complexity index is 404. The second kappa shape index (κ2) is 18.9. The van der Waals surface area contributed by atoms with Crippen LogP contribution >= 0.6 is 0 Å². The Morgan fingerprint density at radius 2 is 0.750 bits per heavy atom. The highest BCUT2D eigenvalue weighted by Crippen LogP contribution is 2.25. The zero-order valence-electron chi connectivity index (χ0n) is 17.3. The van der Waals surface area contributed by atoms with Gasteiger partial charge in [0, 0.05) is 13.2 Å². The standard InChI is InChI=1S/C22H40O6/c23-15-11-7-3-1-5-9-13-19(17-21(25)26)20(18-22(27)28)14-10-6-2-4-8-12-16-24/h23-24H,1-18H2,(H,25,26)(H,27,28)/b20-19+. The Morgan fingerprint density at radius 3 is 1.04 bits per heavy atom. The van der Waals surface area contributed by atoms with Gasteiger partial charge in [-0.2, -0.15) is 0 Å². The third-order valence-corrected chi connectivity index (χ3v) is 5.00. The number of aliphatic carboxylic acids is 2. The Labute approximate surface area is 169 Å². The molecule has 0 bridgehead atoms. The minimum atomic E-state index is -0.898. The van der Waals surface area contributed by atoms with E-state index in [-0.39, 0.29) is 26.1 Å². The topological polar surface area (TPSA) is 115 Å². The van der Waals surface area contributed by atoms with Gasteiger partial charge in [-0.25, -0.2) is 0 Å². The van der Waals surface area contributed by atoms with E-state index in [1.807, 2.05) is 0 Å². The molecule has 0 fully saturated rings. The summed E-state index contributed by atoms with van der Waals surface area (Å²) in [6.07, 6.45) is 12.9. The van der Waals surface area contributed by atoms with Crippen molar-refractivity contribution in [2.75, 3.05) is 13.2 Å². The molecule has 0 aromatic carbocycles. The highest BCUT2D eigenvalue weighted by Gasteiger charge is 2.14. The van der Waals surface area contributed by atoms with E-state index in [0.717, 1.165) is 88.2 Å². The number of carboxylic acid groups (broad SMARTS) is 2. The van der Waals surface area contributed by atoms with Crippen LogP contribution in [-0.4, -0.2) is 45.6 Å². The first-order valence-corrected chi connectivity index (χ1v) is 10.9. The van der Waals surface area contributed by atoms with Gasteiger partial charge in [-0.05, 0) is 38.5 Å². The lowest BCUT2D eigenvalue weighted by Gasteiger charge is -2.14. The molecular formula is C22H40O6. The summed E-state index contributed by atoms with van der Waals surface area (Å²) in [5.41, 5.74) is 1.59. The summed E-state index contributed by atoms with van der Waals surface area (Å²) in [6, 6.07) is 0. The molecule has 0 spiro atoms. The van der Waals surface area contributed by atoms with Crippen LogP contribution in [0.5, 0.6) is 0 Å². The van der Waals surface area contributed by atoms with Crippen LogP contribution < -0.4 is 0 Å². The Morgan fingerprint density at radius 1 is 0.464 bits per heavy atom. The van der Waals surface area contributed by atoms with E-state index in [2.05, 4.69) is 0 Å². The van der Waals surface area contributed by atoms with Gasteiger partial charge in [-0.3, -0.25) is 9.59 Å². The molecule has 28 heavy (non-hydrogen) atoms. The number of carbonyl (C=O) groups is 2. The van der Waals surface area contributed by atoms with Crippen LogP contribution in [0.4, 0.5) is 0 Å². The summed E-state index contributed by atoms with van der Waals surface area (Å²) in [7, 11) is 0. The van der Waals surface area contributed by atoms with Crippen molar-refractivity contribution in [2.45, 2.75) is 103 Å². The third kappa shape index (κ3) is 16.8. The summed E-state index contributed by atoms with van der Waals surface area (Å²) in [6.45, 7) is 0.455. The SMILES string of the molecule is O=C(O)C/C(CCCCCCCCO)=C(\CCCCCCCCO)CC(=O)O. The van der Waals surface area contributed by atoms with E-state index in [4.69, 9.17) is 10.2 Å². The molecule has 0 saturated heterocycles. The zero-order valence-corrected chi connectivity index (χ0v) is 17.3. The van der Waals surface area contributed by atoms with Gasteiger partial charge in [0.05, 0.1) is 12.8 Å². The molecule has 6 heteroatoms. The molecule has 0 aliphatic carbocycles. The maximum Gasteiger partial charge on any atom is 0.307 e. The van der Waals surface area contributed by atoms with Gasteiger partial charge in [-0.1, -0.05) is 62.5 Å². The lowest BCUT2D eigenvalue weighted by molar-refractivity contribution is -0.137. The molecule has 0 aromatic heterocycles. The number of aliphatic hydroxyl groups excluding tert-OH is 2. The Kier molecular flexibility index (Phi) is 18.0. The van der Waals surface area contributed by atoms with Crippen molar-refractivity contribution >= 4 is 11.9 Å². The molecule has 0 saturated carbocycles. The third-order valence-electron chi connectivity index (χ3n) is 5.00. The molecule has 0 aliphatic rings. The smallest absolute Gasteiger partial charge is 0.307 e. The normalized spacial score (nSPS) is 12.1. The van der Waals surface area contributed by atoms with Crippen molar-refractivity contribution in [1.29, 1.82) is 0 Å². The number of rotatable bonds is 20. The lowest BCUT2D eigenvalue weighted by Crippen LogP contribution is -2.06. The van der Waals surface area contributed by atoms with Gasteiger partial charge in [0.15, 0.2) is 0 Å². The van der Waals surface area contributed by atoms with Crippen LogP contribution in [0.15, 0.2) is 11.1 Å². The average Bonchev–Trinajstić information content (AvgIpc) is 2.64. The Balaban J connectivity index is 4.56. The number of hydrogen-bond acceptors (Lipinski definition) is 4. The molecule has 6 nitrogen and oxygen atoms in total. The molecule has 0 heterocycles. The second-order valence-corrected chi connectivity index (χ2v) is 7.54. The summed E-state index contributed by atoms with van der Waals surface area (Å²) in [4.78, 5) is 22.5. The minimum Gasteiger partial charge on any atom is -0.481 e. The molecule has 4 N–H and O–H groups in total. The van der Waals surface area contributed by atoms with E-state index in [0.29, 0.717) is 12.8 Å². The van der Waals surface area contributed by atoms with Gasteiger partial charge in [0.2, 0.25) is 0 Å². The van der Waals surface area contributed by atoms with Crippen LogP contribution in [0.1, 0.15) is 103 Å². The van der Waals surface area contributed by atoms with E-state index >= 15 is 0 Å². The molecular weight excluding hydrogens is 360 g/mol. The van der Waals surface area contributed by atoms with Crippen LogP contribution in [0.3, 0.4) is 0 Å². The quantitative estimate of drug-likeness (QED) is 0.174. The highest BCUT2D eigenvalue weighted by atomic mass is 16.4. The maximum absolute atomic E-state index is 11.3. The zero-order chi connectivity index (χ0) is 21.0.